The molecule has 42 heavy (non-hydrogen) atoms. The average Bonchev–Trinajstić information content (AvgIpc) is 3.43. The van der Waals surface area contributed by atoms with Gasteiger partial charge in [0.05, 0.1) is 22.4 Å². The molecule has 0 atom stereocenters. The van der Waals surface area contributed by atoms with Gasteiger partial charge in [0, 0.05) is 18.3 Å². The van der Waals surface area contributed by atoms with Crippen LogP contribution in [-0.4, -0.2) is 51.3 Å². The lowest BCUT2D eigenvalue weighted by molar-refractivity contribution is -0.192. The molecule has 0 bridgehead atoms. The third kappa shape index (κ3) is 8.63. The molecule has 1 fully saturated rings. The first-order valence-electron chi connectivity index (χ1n) is 13.7. The van der Waals surface area contributed by atoms with E-state index in [4.69, 9.17) is 14.9 Å². The maximum absolute atomic E-state index is 11.3. The smallest absolute Gasteiger partial charge is 0.481 e. The number of carbonyl (C=O) groups is 2. The Morgan fingerprint density at radius 2 is 1.81 bits per heavy atom. The lowest BCUT2D eigenvalue weighted by Gasteiger charge is -2.30. The predicted molar refractivity (Wildman–Crippen MR) is 155 cm³/mol. The Morgan fingerprint density at radius 1 is 1.14 bits per heavy atom. The molecule has 4 rings (SSSR count). The zero-order valence-electron chi connectivity index (χ0n) is 23.7. The van der Waals surface area contributed by atoms with Crippen LogP contribution in [0.5, 0.6) is 0 Å². The van der Waals surface area contributed by atoms with Crippen molar-refractivity contribution in [3.05, 3.63) is 64.8 Å². The zero-order valence-corrected chi connectivity index (χ0v) is 24.6. The van der Waals surface area contributed by atoms with Gasteiger partial charge in [-0.1, -0.05) is 51.1 Å². The van der Waals surface area contributed by atoms with Crippen LogP contribution >= 0.6 is 11.3 Å². The summed E-state index contributed by atoms with van der Waals surface area (Å²) in [5.74, 6) is -3.13. The van der Waals surface area contributed by atoms with E-state index in [-0.39, 0.29) is 5.92 Å². The summed E-state index contributed by atoms with van der Waals surface area (Å²) in [5, 5.41) is 27.0. The molecule has 0 spiro atoms. The number of thiazole rings is 1. The Morgan fingerprint density at radius 3 is 2.36 bits per heavy atom. The van der Waals surface area contributed by atoms with Crippen LogP contribution in [0.1, 0.15) is 55.9 Å². The number of nitriles is 1. The van der Waals surface area contributed by atoms with Crippen molar-refractivity contribution in [2.24, 2.45) is 11.8 Å². The fourth-order valence-electron chi connectivity index (χ4n) is 4.97. The molecule has 2 N–H and O–H groups in total. The van der Waals surface area contributed by atoms with E-state index < -0.39 is 18.1 Å². The number of halogens is 3. The van der Waals surface area contributed by atoms with Crippen LogP contribution < -0.4 is 0 Å². The Bertz CT molecular complexity index is 1440. The molecule has 0 unspecified atom stereocenters. The number of likely N-dealkylation sites (tertiary alicyclic amines) is 1. The van der Waals surface area contributed by atoms with Gasteiger partial charge in [0.15, 0.2) is 0 Å². The standard InChI is InChI=1S/C29H33N3O2S.C2HF3O2/c1-4-25-23(18-32-12-10-20(11-13-32)29(33)34)6-5-7-26(25)27-17-31-28(35-27)22-9-8-21(14-19(2)3)24(15-22)16-30;3-2(4,5)1(6)7/h5-9,15,17,19-20H,4,10-14,18H2,1-3H3,(H,33,34);(H,6,7). The quantitative estimate of drug-likeness (QED) is 0.285. The van der Waals surface area contributed by atoms with E-state index >= 15 is 0 Å². The van der Waals surface area contributed by atoms with Gasteiger partial charge in [0.25, 0.3) is 0 Å². The van der Waals surface area contributed by atoms with Crippen molar-refractivity contribution in [2.45, 2.75) is 59.2 Å². The van der Waals surface area contributed by atoms with Gasteiger partial charge >= 0.3 is 18.1 Å². The molecular formula is C31H34F3N3O4S. The number of nitrogens with zero attached hydrogens (tertiary/aromatic N) is 3. The third-order valence-corrected chi connectivity index (χ3v) is 8.16. The highest BCUT2D eigenvalue weighted by atomic mass is 32.1. The fourth-order valence-corrected chi connectivity index (χ4v) is 5.94. The van der Waals surface area contributed by atoms with E-state index in [1.165, 1.54) is 16.7 Å². The highest BCUT2D eigenvalue weighted by molar-refractivity contribution is 7.18. The Hall–Kier alpha value is -3.75. The van der Waals surface area contributed by atoms with Gasteiger partial charge < -0.3 is 10.2 Å². The average molecular weight is 602 g/mol. The van der Waals surface area contributed by atoms with E-state index in [2.05, 4.69) is 62.1 Å². The Kier molecular flexibility index (Phi) is 11.3. The fraction of sp³-hybridized carbons (Fsp3) is 0.419. The van der Waals surface area contributed by atoms with Crippen LogP contribution in [0.3, 0.4) is 0 Å². The second-order valence-corrected chi connectivity index (χ2v) is 11.6. The minimum Gasteiger partial charge on any atom is -0.481 e. The maximum atomic E-state index is 11.3. The van der Waals surface area contributed by atoms with Crippen molar-refractivity contribution in [2.75, 3.05) is 13.1 Å². The summed E-state index contributed by atoms with van der Waals surface area (Å²) in [7, 11) is 0. The molecule has 1 aliphatic rings. The molecule has 0 saturated carbocycles. The normalized spacial score (nSPS) is 14.2. The monoisotopic (exact) mass is 601 g/mol. The molecule has 1 aliphatic heterocycles. The van der Waals surface area contributed by atoms with Crippen molar-refractivity contribution in [3.63, 3.8) is 0 Å². The van der Waals surface area contributed by atoms with Crippen molar-refractivity contribution in [1.82, 2.24) is 9.88 Å². The summed E-state index contributed by atoms with van der Waals surface area (Å²) in [6, 6.07) is 15.0. The van der Waals surface area contributed by atoms with Gasteiger partial charge in [0.2, 0.25) is 0 Å². The first-order chi connectivity index (χ1) is 19.8. The second kappa shape index (κ2) is 14.4. The van der Waals surface area contributed by atoms with Crippen molar-refractivity contribution in [3.8, 4) is 27.1 Å². The number of alkyl halides is 3. The molecule has 224 valence electrons. The summed E-state index contributed by atoms with van der Waals surface area (Å²) in [4.78, 5) is 28.4. The molecule has 0 radical (unpaired) electrons. The van der Waals surface area contributed by atoms with Gasteiger partial charge in [-0.15, -0.1) is 11.3 Å². The topological polar surface area (TPSA) is 115 Å². The van der Waals surface area contributed by atoms with Crippen LogP contribution in [0, 0.1) is 23.2 Å². The number of carboxylic acids is 2. The van der Waals surface area contributed by atoms with Crippen LogP contribution in [0.25, 0.3) is 21.0 Å². The number of aliphatic carboxylic acids is 2. The number of hydrogen-bond donors (Lipinski definition) is 2. The first kappa shape index (κ1) is 32.8. The summed E-state index contributed by atoms with van der Waals surface area (Å²) in [6.07, 6.45) is 0.120. The summed E-state index contributed by atoms with van der Waals surface area (Å²) in [6.45, 7) is 9.01. The highest BCUT2D eigenvalue weighted by Gasteiger charge is 2.38. The van der Waals surface area contributed by atoms with Crippen molar-refractivity contribution in [1.29, 1.82) is 5.26 Å². The minimum absolute atomic E-state index is 0.208. The molecule has 1 saturated heterocycles. The van der Waals surface area contributed by atoms with Crippen LogP contribution in [0.2, 0.25) is 0 Å². The van der Waals surface area contributed by atoms with E-state index in [9.17, 15) is 28.3 Å². The molecule has 3 aromatic rings. The number of benzene rings is 2. The molecule has 2 heterocycles. The Labute approximate surface area is 247 Å². The summed E-state index contributed by atoms with van der Waals surface area (Å²) < 4.78 is 31.7. The second-order valence-electron chi connectivity index (χ2n) is 10.6. The molecule has 0 aliphatic carbocycles. The molecule has 1 aromatic heterocycles. The molecule has 2 aromatic carbocycles. The minimum atomic E-state index is -5.08. The number of hydrogen-bond acceptors (Lipinski definition) is 6. The molecule has 11 heteroatoms. The van der Waals surface area contributed by atoms with Crippen molar-refractivity contribution < 1.29 is 33.0 Å². The number of carboxylic acid groups (broad SMARTS) is 2. The van der Waals surface area contributed by atoms with Crippen LogP contribution in [0.15, 0.2) is 42.6 Å². The number of rotatable bonds is 8. The van der Waals surface area contributed by atoms with Gasteiger partial charge in [0.1, 0.15) is 5.01 Å². The SMILES string of the molecule is CCc1c(CN2CCC(C(=O)O)CC2)cccc1-c1cnc(-c2ccc(CC(C)C)c(C#N)c2)s1.O=C(O)C(F)(F)F. The number of piperidine rings is 1. The van der Waals surface area contributed by atoms with Crippen LogP contribution in [0.4, 0.5) is 13.2 Å². The van der Waals surface area contributed by atoms with E-state index in [1.807, 2.05) is 12.3 Å². The molecule has 7 nitrogen and oxygen atoms in total. The highest BCUT2D eigenvalue weighted by Crippen LogP contribution is 2.36. The van der Waals surface area contributed by atoms with Gasteiger partial charge in [-0.05, 0) is 73.0 Å². The van der Waals surface area contributed by atoms with E-state index in [0.29, 0.717) is 5.92 Å². The number of aromatic nitrogens is 1. The maximum Gasteiger partial charge on any atom is 0.490 e. The van der Waals surface area contributed by atoms with Crippen molar-refractivity contribution >= 4 is 23.3 Å². The third-order valence-electron chi connectivity index (χ3n) is 7.08. The van der Waals surface area contributed by atoms with Gasteiger partial charge in [-0.2, -0.15) is 18.4 Å². The lowest BCUT2D eigenvalue weighted by atomic mass is 9.94. The van der Waals surface area contributed by atoms with E-state index in [0.717, 1.165) is 71.9 Å². The largest absolute Gasteiger partial charge is 0.490 e. The predicted octanol–water partition coefficient (Wildman–Crippen LogP) is 7.04. The lowest BCUT2D eigenvalue weighted by Crippen LogP contribution is -2.36. The van der Waals surface area contributed by atoms with Gasteiger partial charge in [-0.3, -0.25) is 9.69 Å². The van der Waals surface area contributed by atoms with Crippen LogP contribution in [-0.2, 0) is 29.0 Å². The summed E-state index contributed by atoms with van der Waals surface area (Å²) in [5.41, 5.74) is 6.66. The molecular weight excluding hydrogens is 567 g/mol. The first-order valence-corrected chi connectivity index (χ1v) is 14.5. The van der Waals surface area contributed by atoms with Gasteiger partial charge in [-0.25, -0.2) is 9.78 Å². The molecule has 0 amide bonds. The Balaban J connectivity index is 0.000000616. The van der Waals surface area contributed by atoms with E-state index in [1.54, 1.807) is 11.3 Å². The summed E-state index contributed by atoms with van der Waals surface area (Å²) >= 11 is 1.67. The zero-order chi connectivity index (χ0) is 31.0.